The number of halogens is 3. The third-order valence-corrected chi connectivity index (χ3v) is 4.76. The molecular weight excluding hydrogens is 507 g/mol. The van der Waals surface area contributed by atoms with Crippen LogP contribution in [0.3, 0.4) is 0 Å². The van der Waals surface area contributed by atoms with Gasteiger partial charge in [0.1, 0.15) is 11.6 Å². The SMILES string of the molecule is CN=C(NCc1ccc(C)cc1OCC1CCOC1)NCc1nccn1C(F)F.I. The van der Waals surface area contributed by atoms with E-state index in [0.717, 1.165) is 41.1 Å². The Balaban J connectivity index is 0.00000320. The molecule has 1 aromatic heterocycles. The topological polar surface area (TPSA) is 72.7 Å². The molecule has 0 aliphatic carbocycles. The van der Waals surface area contributed by atoms with Gasteiger partial charge in [0.15, 0.2) is 5.96 Å². The van der Waals surface area contributed by atoms with Crippen molar-refractivity contribution in [1.29, 1.82) is 0 Å². The molecule has 0 radical (unpaired) electrons. The highest BCUT2D eigenvalue weighted by Crippen LogP contribution is 2.22. The molecule has 1 aliphatic heterocycles. The number of rotatable bonds is 8. The van der Waals surface area contributed by atoms with E-state index in [4.69, 9.17) is 9.47 Å². The highest BCUT2D eigenvalue weighted by molar-refractivity contribution is 14.0. The molecule has 1 aliphatic rings. The van der Waals surface area contributed by atoms with Crippen molar-refractivity contribution in [3.8, 4) is 5.75 Å². The minimum Gasteiger partial charge on any atom is -0.493 e. The molecule has 7 nitrogen and oxygen atoms in total. The van der Waals surface area contributed by atoms with E-state index in [-0.39, 0.29) is 36.3 Å². The Morgan fingerprint density at radius 1 is 1.37 bits per heavy atom. The first-order chi connectivity index (χ1) is 14.1. The van der Waals surface area contributed by atoms with Crippen LogP contribution in [0.4, 0.5) is 8.78 Å². The maximum Gasteiger partial charge on any atom is 0.319 e. The van der Waals surface area contributed by atoms with Crippen LogP contribution >= 0.6 is 24.0 Å². The summed E-state index contributed by atoms with van der Waals surface area (Å²) >= 11 is 0. The van der Waals surface area contributed by atoms with Gasteiger partial charge < -0.3 is 20.1 Å². The zero-order valence-corrected chi connectivity index (χ0v) is 19.4. The van der Waals surface area contributed by atoms with Gasteiger partial charge in [-0.15, -0.1) is 24.0 Å². The Morgan fingerprint density at radius 3 is 2.87 bits per heavy atom. The molecule has 1 aromatic carbocycles. The number of ether oxygens (including phenoxy) is 2. The number of imidazole rings is 1. The summed E-state index contributed by atoms with van der Waals surface area (Å²) in [5, 5.41) is 6.20. The van der Waals surface area contributed by atoms with E-state index in [2.05, 4.69) is 20.6 Å². The number of guanidine groups is 1. The van der Waals surface area contributed by atoms with Gasteiger partial charge in [-0.1, -0.05) is 12.1 Å². The van der Waals surface area contributed by atoms with E-state index in [1.165, 1.54) is 12.4 Å². The lowest BCUT2D eigenvalue weighted by molar-refractivity contribution is 0.0668. The molecular formula is C20H28F2IN5O2. The molecule has 1 saturated heterocycles. The molecule has 1 fully saturated rings. The van der Waals surface area contributed by atoms with Crippen LogP contribution in [0.2, 0.25) is 0 Å². The third kappa shape index (κ3) is 6.79. The van der Waals surface area contributed by atoms with Crippen molar-refractivity contribution < 1.29 is 18.3 Å². The summed E-state index contributed by atoms with van der Waals surface area (Å²) in [5.74, 6) is 1.98. The lowest BCUT2D eigenvalue weighted by Gasteiger charge is -2.17. The lowest BCUT2D eigenvalue weighted by Crippen LogP contribution is -2.37. The van der Waals surface area contributed by atoms with Crippen LogP contribution in [-0.2, 0) is 17.8 Å². The molecule has 30 heavy (non-hydrogen) atoms. The molecule has 3 rings (SSSR count). The fourth-order valence-corrected chi connectivity index (χ4v) is 3.09. The van der Waals surface area contributed by atoms with Crippen LogP contribution in [0.25, 0.3) is 0 Å². The highest BCUT2D eigenvalue weighted by Gasteiger charge is 2.17. The van der Waals surface area contributed by atoms with Crippen LogP contribution in [0.1, 0.15) is 29.9 Å². The Labute approximate surface area is 192 Å². The number of nitrogens with zero attached hydrogens (tertiary/aromatic N) is 3. The number of benzene rings is 1. The van der Waals surface area contributed by atoms with E-state index in [1.54, 1.807) is 7.05 Å². The molecule has 0 bridgehead atoms. The van der Waals surface area contributed by atoms with Crippen molar-refractivity contribution in [2.45, 2.75) is 33.0 Å². The number of aryl methyl sites for hydroxylation is 1. The zero-order chi connectivity index (χ0) is 20.6. The molecule has 2 heterocycles. The molecule has 1 atom stereocenters. The number of hydrogen-bond donors (Lipinski definition) is 2. The van der Waals surface area contributed by atoms with Gasteiger partial charge in [-0.25, -0.2) is 4.98 Å². The molecule has 0 amide bonds. The average molecular weight is 535 g/mol. The summed E-state index contributed by atoms with van der Waals surface area (Å²) in [7, 11) is 1.63. The molecule has 2 aromatic rings. The number of aromatic nitrogens is 2. The van der Waals surface area contributed by atoms with Crippen LogP contribution in [-0.4, -0.2) is 42.4 Å². The van der Waals surface area contributed by atoms with E-state index >= 15 is 0 Å². The largest absolute Gasteiger partial charge is 0.493 e. The normalized spacial score (nSPS) is 16.4. The van der Waals surface area contributed by atoms with Crippen molar-refractivity contribution in [3.63, 3.8) is 0 Å². The Hall–Kier alpha value is -1.95. The summed E-state index contributed by atoms with van der Waals surface area (Å²) in [5.41, 5.74) is 2.11. The summed E-state index contributed by atoms with van der Waals surface area (Å²) in [6.45, 7) is 2.18. The quantitative estimate of drug-likeness (QED) is 0.308. The van der Waals surface area contributed by atoms with Gasteiger partial charge in [-0.05, 0) is 25.0 Å². The van der Waals surface area contributed by atoms with Crippen molar-refractivity contribution in [2.75, 3.05) is 26.9 Å². The second-order valence-electron chi connectivity index (χ2n) is 6.96. The Morgan fingerprint density at radius 2 is 2.17 bits per heavy atom. The van der Waals surface area contributed by atoms with Gasteiger partial charge in [0.2, 0.25) is 0 Å². The predicted octanol–water partition coefficient (Wildman–Crippen LogP) is 3.49. The molecule has 166 valence electrons. The molecule has 1 unspecified atom stereocenters. The average Bonchev–Trinajstić information content (AvgIpc) is 3.39. The molecule has 10 heteroatoms. The monoisotopic (exact) mass is 535 g/mol. The van der Waals surface area contributed by atoms with Gasteiger partial charge in [-0.2, -0.15) is 8.78 Å². The molecule has 0 spiro atoms. The smallest absolute Gasteiger partial charge is 0.319 e. The van der Waals surface area contributed by atoms with Gasteiger partial charge in [-0.3, -0.25) is 9.56 Å². The number of hydrogen-bond acceptors (Lipinski definition) is 4. The fraction of sp³-hybridized carbons (Fsp3) is 0.500. The van der Waals surface area contributed by atoms with E-state index < -0.39 is 6.55 Å². The summed E-state index contributed by atoms with van der Waals surface area (Å²) in [4.78, 5) is 8.10. The molecule has 2 N–H and O–H groups in total. The van der Waals surface area contributed by atoms with Crippen molar-refractivity contribution in [3.05, 3.63) is 47.5 Å². The number of nitrogens with one attached hydrogen (secondary N) is 2. The van der Waals surface area contributed by atoms with E-state index in [0.29, 0.717) is 25.0 Å². The Bertz CT molecular complexity index is 825. The highest BCUT2D eigenvalue weighted by atomic mass is 127. The molecule has 0 saturated carbocycles. The summed E-state index contributed by atoms with van der Waals surface area (Å²) in [6.07, 6.45) is 3.62. The standard InChI is InChI=1S/C20H27F2N5O2.HI/c1-14-3-4-16(17(9-14)29-13-15-5-8-28-12-15)10-25-20(23-2)26-11-18-24-6-7-27(18)19(21)22;/h3-4,6-7,9,15,19H,5,8,10-13H2,1-2H3,(H2,23,25,26);1H. The lowest BCUT2D eigenvalue weighted by atomic mass is 10.1. The third-order valence-electron chi connectivity index (χ3n) is 4.76. The van der Waals surface area contributed by atoms with Crippen LogP contribution in [0, 0.1) is 12.8 Å². The number of alkyl halides is 2. The Kier molecular flexibility index (Phi) is 9.76. The van der Waals surface area contributed by atoms with Crippen LogP contribution in [0.5, 0.6) is 5.75 Å². The predicted molar refractivity (Wildman–Crippen MR) is 122 cm³/mol. The van der Waals surface area contributed by atoms with Crippen molar-refractivity contribution in [2.24, 2.45) is 10.9 Å². The fourth-order valence-electron chi connectivity index (χ4n) is 3.09. The van der Waals surface area contributed by atoms with Crippen LogP contribution < -0.4 is 15.4 Å². The number of aliphatic imine (C=N–C) groups is 1. The second kappa shape index (κ2) is 12.0. The van der Waals surface area contributed by atoms with Crippen molar-refractivity contribution in [1.82, 2.24) is 20.2 Å². The van der Waals surface area contributed by atoms with Gasteiger partial charge in [0.25, 0.3) is 0 Å². The first-order valence-corrected chi connectivity index (χ1v) is 9.61. The van der Waals surface area contributed by atoms with Crippen molar-refractivity contribution >= 4 is 29.9 Å². The van der Waals surface area contributed by atoms with Crippen LogP contribution in [0.15, 0.2) is 35.6 Å². The van der Waals surface area contributed by atoms with E-state index in [9.17, 15) is 8.78 Å². The second-order valence-corrected chi connectivity index (χ2v) is 6.96. The minimum absolute atomic E-state index is 0. The van der Waals surface area contributed by atoms with E-state index in [1.807, 2.05) is 25.1 Å². The first-order valence-electron chi connectivity index (χ1n) is 9.61. The van der Waals surface area contributed by atoms with Gasteiger partial charge in [0, 0.05) is 44.1 Å². The summed E-state index contributed by atoms with van der Waals surface area (Å²) < 4.78 is 38.1. The maximum absolute atomic E-state index is 12.9. The summed E-state index contributed by atoms with van der Waals surface area (Å²) in [6, 6.07) is 6.06. The van der Waals surface area contributed by atoms with Gasteiger partial charge in [0.05, 0.1) is 19.8 Å². The van der Waals surface area contributed by atoms with Gasteiger partial charge >= 0.3 is 6.55 Å². The zero-order valence-electron chi connectivity index (χ0n) is 17.1. The first kappa shape index (κ1) is 24.3. The minimum atomic E-state index is -2.62. The maximum atomic E-state index is 12.9.